The fourth-order valence-electron chi connectivity index (χ4n) is 2.78. The van der Waals surface area contributed by atoms with Gasteiger partial charge in [0.05, 0.1) is 0 Å². The minimum absolute atomic E-state index is 0.0224. The van der Waals surface area contributed by atoms with Crippen LogP contribution in [0.1, 0.15) is 28.4 Å². The zero-order valence-corrected chi connectivity index (χ0v) is 13.4. The molecular formula is C19H18FNO3. The van der Waals surface area contributed by atoms with E-state index < -0.39 is 5.82 Å². The molecule has 0 atom stereocenters. The summed E-state index contributed by atoms with van der Waals surface area (Å²) in [6.45, 7) is 2.32. The fraction of sp³-hybridized carbons (Fsp3) is 0.263. The zero-order valence-electron chi connectivity index (χ0n) is 13.4. The Labute approximate surface area is 139 Å². The lowest BCUT2D eigenvalue weighted by Gasteiger charge is -2.28. The third-order valence-electron chi connectivity index (χ3n) is 4.17. The summed E-state index contributed by atoms with van der Waals surface area (Å²) in [5.74, 6) is -1.06. The fourth-order valence-corrected chi connectivity index (χ4v) is 2.78. The van der Waals surface area contributed by atoms with Crippen molar-refractivity contribution in [1.29, 1.82) is 0 Å². The van der Waals surface area contributed by atoms with Gasteiger partial charge >= 0.3 is 0 Å². The summed E-state index contributed by atoms with van der Waals surface area (Å²) >= 11 is 0. The van der Waals surface area contributed by atoms with Gasteiger partial charge in [0, 0.05) is 18.7 Å². The van der Waals surface area contributed by atoms with Crippen molar-refractivity contribution in [3.63, 3.8) is 0 Å². The molecule has 0 bridgehead atoms. The number of halogens is 1. The van der Waals surface area contributed by atoms with Crippen LogP contribution in [0.25, 0.3) is 0 Å². The molecular weight excluding hydrogens is 309 g/mol. The molecule has 1 amide bonds. The maximum Gasteiger partial charge on any atom is 0.260 e. The number of rotatable bonds is 4. The molecule has 2 aromatic rings. The molecule has 0 unspecified atom stereocenters. The Balaban J connectivity index is 1.61. The first-order valence-corrected chi connectivity index (χ1v) is 7.82. The molecule has 0 spiro atoms. The number of fused-ring (bicyclic) bond motifs is 1. The van der Waals surface area contributed by atoms with Crippen molar-refractivity contribution in [3.8, 4) is 5.75 Å². The Hall–Kier alpha value is -2.69. The van der Waals surface area contributed by atoms with Gasteiger partial charge in [-0.15, -0.1) is 0 Å². The highest BCUT2D eigenvalue weighted by Gasteiger charge is 2.21. The van der Waals surface area contributed by atoms with Crippen LogP contribution in [-0.2, 0) is 17.8 Å². The van der Waals surface area contributed by atoms with Gasteiger partial charge in [-0.3, -0.25) is 9.59 Å². The average Bonchev–Trinajstić information content (AvgIpc) is 2.59. The van der Waals surface area contributed by atoms with Crippen molar-refractivity contribution in [2.75, 3.05) is 13.2 Å². The molecule has 2 aromatic carbocycles. The van der Waals surface area contributed by atoms with Crippen molar-refractivity contribution >= 4 is 11.7 Å². The molecule has 0 aliphatic carbocycles. The molecule has 4 nitrogen and oxygen atoms in total. The van der Waals surface area contributed by atoms with Crippen LogP contribution in [0.3, 0.4) is 0 Å². The predicted molar refractivity (Wildman–Crippen MR) is 87.5 cm³/mol. The van der Waals surface area contributed by atoms with Crippen LogP contribution >= 0.6 is 0 Å². The Morgan fingerprint density at radius 1 is 1.17 bits per heavy atom. The van der Waals surface area contributed by atoms with Crippen LogP contribution in [-0.4, -0.2) is 29.7 Å². The summed E-state index contributed by atoms with van der Waals surface area (Å²) in [5.41, 5.74) is 2.67. The highest BCUT2D eigenvalue weighted by molar-refractivity contribution is 5.94. The van der Waals surface area contributed by atoms with E-state index in [2.05, 4.69) is 6.07 Å². The zero-order chi connectivity index (χ0) is 17.1. The van der Waals surface area contributed by atoms with E-state index in [1.165, 1.54) is 24.6 Å². The van der Waals surface area contributed by atoms with Gasteiger partial charge in [0.15, 0.2) is 24.0 Å². The van der Waals surface area contributed by atoms with Crippen LogP contribution < -0.4 is 4.74 Å². The second-order valence-corrected chi connectivity index (χ2v) is 5.82. The SMILES string of the molecule is CC(=O)c1ccc(OCC(=O)N2CCc3ccccc3C2)c(F)c1. The van der Waals surface area contributed by atoms with Crippen LogP contribution in [0.4, 0.5) is 4.39 Å². The molecule has 24 heavy (non-hydrogen) atoms. The smallest absolute Gasteiger partial charge is 0.260 e. The number of carbonyl (C=O) groups excluding carboxylic acids is 2. The van der Waals surface area contributed by atoms with Gasteiger partial charge in [0.25, 0.3) is 5.91 Å². The topological polar surface area (TPSA) is 46.6 Å². The number of ether oxygens (including phenoxy) is 1. The largest absolute Gasteiger partial charge is 0.481 e. The molecule has 0 fully saturated rings. The molecule has 0 saturated heterocycles. The van der Waals surface area contributed by atoms with Crippen molar-refractivity contribution in [1.82, 2.24) is 4.90 Å². The molecule has 1 aliphatic heterocycles. The van der Waals surface area contributed by atoms with Crippen LogP contribution in [0, 0.1) is 5.82 Å². The van der Waals surface area contributed by atoms with Crippen molar-refractivity contribution in [2.45, 2.75) is 19.9 Å². The van der Waals surface area contributed by atoms with Crippen molar-refractivity contribution in [2.24, 2.45) is 0 Å². The maximum absolute atomic E-state index is 13.9. The maximum atomic E-state index is 13.9. The highest BCUT2D eigenvalue weighted by atomic mass is 19.1. The standard InChI is InChI=1S/C19H18FNO3/c1-13(22)15-6-7-18(17(20)10-15)24-12-19(23)21-9-8-14-4-2-3-5-16(14)11-21/h2-7,10H,8-9,11-12H2,1H3. The Morgan fingerprint density at radius 3 is 2.62 bits per heavy atom. The summed E-state index contributed by atoms with van der Waals surface area (Å²) in [6, 6.07) is 12.0. The number of benzene rings is 2. The van der Waals surface area contributed by atoms with Gasteiger partial charge in [0.1, 0.15) is 0 Å². The molecule has 5 heteroatoms. The second-order valence-electron chi connectivity index (χ2n) is 5.82. The number of amides is 1. The molecule has 0 saturated carbocycles. The van der Waals surface area contributed by atoms with Crippen LogP contribution in [0.5, 0.6) is 5.75 Å². The summed E-state index contributed by atoms with van der Waals surface area (Å²) in [5, 5.41) is 0. The third-order valence-corrected chi connectivity index (χ3v) is 4.17. The van der Waals surface area contributed by atoms with Gasteiger partial charge in [-0.05, 0) is 42.7 Å². The number of hydrogen-bond acceptors (Lipinski definition) is 3. The van der Waals surface area contributed by atoms with E-state index in [0.717, 1.165) is 18.1 Å². The average molecular weight is 327 g/mol. The first kappa shape index (κ1) is 16.2. The highest BCUT2D eigenvalue weighted by Crippen LogP contribution is 2.21. The minimum Gasteiger partial charge on any atom is -0.481 e. The van der Waals surface area contributed by atoms with Crippen molar-refractivity contribution < 1.29 is 18.7 Å². The number of Topliss-reactive ketones (excluding diaryl/α,β-unsaturated/α-hetero) is 1. The normalized spacial score (nSPS) is 13.3. The summed E-state index contributed by atoms with van der Waals surface area (Å²) in [6.07, 6.45) is 0.809. The first-order valence-electron chi connectivity index (χ1n) is 7.82. The van der Waals surface area contributed by atoms with E-state index in [1.807, 2.05) is 18.2 Å². The number of hydrogen-bond donors (Lipinski definition) is 0. The summed E-state index contributed by atoms with van der Waals surface area (Å²) < 4.78 is 19.2. The van der Waals surface area contributed by atoms with Gasteiger partial charge in [-0.2, -0.15) is 0 Å². The number of carbonyl (C=O) groups is 2. The van der Waals surface area contributed by atoms with E-state index in [0.29, 0.717) is 13.1 Å². The quantitative estimate of drug-likeness (QED) is 0.811. The minimum atomic E-state index is -0.639. The molecule has 1 aliphatic rings. The van der Waals surface area contributed by atoms with Gasteiger partial charge < -0.3 is 9.64 Å². The van der Waals surface area contributed by atoms with Crippen LogP contribution in [0.15, 0.2) is 42.5 Å². The number of ketones is 1. The molecule has 3 rings (SSSR count). The summed E-state index contributed by atoms with van der Waals surface area (Å²) in [4.78, 5) is 25.2. The lowest BCUT2D eigenvalue weighted by atomic mass is 10.00. The van der Waals surface area contributed by atoms with E-state index in [-0.39, 0.29) is 29.6 Å². The molecule has 124 valence electrons. The van der Waals surface area contributed by atoms with Gasteiger partial charge in [-0.25, -0.2) is 4.39 Å². The Bertz CT molecular complexity index is 788. The lowest BCUT2D eigenvalue weighted by molar-refractivity contribution is -0.134. The van der Waals surface area contributed by atoms with E-state index >= 15 is 0 Å². The summed E-state index contributed by atoms with van der Waals surface area (Å²) in [7, 11) is 0. The monoisotopic (exact) mass is 327 g/mol. The Morgan fingerprint density at radius 2 is 1.92 bits per heavy atom. The van der Waals surface area contributed by atoms with Crippen LogP contribution in [0.2, 0.25) is 0 Å². The molecule has 0 radical (unpaired) electrons. The lowest BCUT2D eigenvalue weighted by Crippen LogP contribution is -2.38. The second kappa shape index (κ2) is 6.83. The van der Waals surface area contributed by atoms with Crippen molar-refractivity contribution in [3.05, 3.63) is 65.0 Å². The third kappa shape index (κ3) is 3.45. The predicted octanol–water partition coefficient (Wildman–Crippen LogP) is 2.99. The van der Waals surface area contributed by atoms with E-state index in [4.69, 9.17) is 4.74 Å². The first-order chi connectivity index (χ1) is 11.5. The molecule has 0 aromatic heterocycles. The van der Waals surface area contributed by atoms with Gasteiger partial charge in [0.2, 0.25) is 0 Å². The van der Waals surface area contributed by atoms with E-state index in [1.54, 1.807) is 4.90 Å². The molecule has 0 N–H and O–H groups in total. The van der Waals surface area contributed by atoms with Gasteiger partial charge in [-0.1, -0.05) is 24.3 Å². The Kier molecular flexibility index (Phi) is 4.60. The number of nitrogens with zero attached hydrogens (tertiary/aromatic N) is 1. The van der Waals surface area contributed by atoms with E-state index in [9.17, 15) is 14.0 Å². The molecule has 1 heterocycles.